The van der Waals surface area contributed by atoms with Gasteiger partial charge in [-0.15, -0.1) is 0 Å². The van der Waals surface area contributed by atoms with Gasteiger partial charge in [-0.3, -0.25) is 9.48 Å². The van der Waals surface area contributed by atoms with Crippen molar-refractivity contribution < 1.29 is 4.79 Å². The Kier molecular flexibility index (Phi) is 4.48. The molecule has 1 aromatic carbocycles. The van der Waals surface area contributed by atoms with Crippen LogP contribution in [0.3, 0.4) is 0 Å². The van der Waals surface area contributed by atoms with E-state index in [4.69, 9.17) is 5.73 Å². The topological polar surface area (TPSA) is 109 Å². The van der Waals surface area contributed by atoms with Crippen LogP contribution in [0.1, 0.15) is 42.4 Å². The van der Waals surface area contributed by atoms with E-state index in [1.807, 2.05) is 25.2 Å². The van der Waals surface area contributed by atoms with E-state index in [9.17, 15) is 4.79 Å². The lowest BCUT2D eigenvalue weighted by atomic mass is 10.1. The Bertz CT molecular complexity index is 1590. The van der Waals surface area contributed by atoms with Gasteiger partial charge in [-0.05, 0) is 44.9 Å². The summed E-state index contributed by atoms with van der Waals surface area (Å²) in [7, 11) is 1.82. The number of anilines is 2. The molecule has 4 aromatic heterocycles. The molecular formula is C25H26N8O. The smallest absolute Gasteiger partial charge is 0.256 e. The number of amides is 1. The number of rotatable bonds is 3. The van der Waals surface area contributed by atoms with Crippen molar-refractivity contribution in [2.24, 2.45) is 7.05 Å². The molecule has 0 saturated carbocycles. The lowest BCUT2D eigenvalue weighted by Gasteiger charge is -2.13. The summed E-state index contributed by atoms with van der Waals surface area (Å²) in [4.78, 5) is 21.8. The first-order chi connectivity index (χ1) is 16.4. The van der Waals surface area contributed by atoms with E-state index in [0.717, 1.165) is 52.6 Å². The predicted molar refractivity (Wildman–Crippen MR) is 133 cm³/mol. The first kappa shape index (κ1) is 20.5. The largest absolute Gasteiger partial charge is 0.383 e. The maximum Gasteiger partial charge on any atom is 0.256 e. The monoisotopic (exact) mass is 454 g/mol. The van der Waals surface area contributed by atoms with Gasteiger partial charge in [0.1, 0.15) is 17.8 Å². The highest BCUT2D eigenvalue weighted by molar-refractivity contribution is 6.07. The summed E-state index contributed by atoms with van der Waals surface area (Å²) in [5.74, 6) is 0.845. The van der Waals surface area contributed by atoms with Gasteiger partial charge in [0.05, 0.1) is 11.1 Å². The normalized spacial score (nSPS) is 13.3. The molecular weight excluding hydrogens is 428 g/mol. The number of aryl methyl sites for hydroxylation is 2. The van der Waals surface area contributed by atoms with Crippen molar-refractivity contribution in [3.05, 3.63) is 54.1 Å². The van der Waals surface area contributed by atoms with E-state index in [-0.39, 0.29) is 11.9 Å². The summed E-state index contributed by atoms with van der Waals surface area (Å²) in [5, 5.41) is 9.11. The second-order valence-corrected chi connectivity index (χ2v) is 9.13. The van der Waals surface area contributed by atoms with Crippen molar-refractivity contribution in [2.75, 3.05) is 11.1 Å². The van der Waals surface area contributed by atoms with E-state index in [0.29, 0.717) is 17.2 Å². The molecule has 6 rings (SSSR count). The number of carbonyl (C=O) groups is 1. The average Bonchev–Trinajstić information content (AvgIpc) is 3.44. The lowest BCUT2D eigenvalue weighted by molar-refractivity contribution is 0.102. The van der Waals surface area contributed by atoms with Gasteiger partial charge >= 0.3 is 0 Å². The molecule has 1 aliphatic rings. The number of benzene rings is 1. The van der Waals surface area contributed by atoms with Crippen molar-refractivity contribution in [1.29, 1.82) is 0 Å². The van der Waals surface area contributed by atoms with Crippen LogP contribution in [0.5, 0.6) is 0 Å². The van der Waals surface area contributed by atoms with Crippen LogP contribution < -0.4 is 11.1 Å². The Hall–Kier alpha value is -4.14. The number of aromatic nitrogens is 6. The van der Waals surface area contributed by atoms with Crippen molar-refractivity contribution >= 4 is 39.5 Å². The molecule has 0 spiro atoms. The van der Waals surface area contributed by atoms with Crippen LogP contribution in [0.15, 0.2) is 42.9 Å². The zero-order chi connectivity index (χ0) is 23.6. The van der Waals surface area contributed by atoms with Crippen LogP contribution in [0.2, 0.25) is 0 Å². The molecule has 0 saturated heterocycles. The molecule has 0 fully saturated rings. The average molecular weight is 455 g/mol. The van der Waals surface area contributed by atoms with Crippen molar-refractivity contribution in [2.45, 2.75) is 39.3 Å². The summed E-state index contributed by atoms with van der Waals surface area (Å²) >= 11 is 0. The molecule has 0 bridgehead atoms. The Morgan fingerprint density at radius 3 is 2.79 bits per heavy atom. The molecule has 0 atom stereocenters. The second kappa shape index (κ2) is 7.44. The van der Waals surface area contributed by atoms with Crippen molar-refractivity contribution in [3.63, 3.8) is 0 Å². The predicted octanol–water partition coefficient (Wildman–Crippen LogP) is 4.15. The molecule has 5 heterocycles. The first-order valence-electron chi connectivity index (χ1n) is 11.5. The van der Waals surface area contributed by atoms with Crippen LogP contribution in [0.25, 0.3) is 33.2 Å². The molecule has 172 valence electrons. The zero-order valence-electron chi connectivity index (χ0n) is 19.4. The van der Waals surface area contributed by atoms with Gasteiger partial charge in [-0.2, -0.15) is 5.10 Å². The molecule has 1 aliphatic heterocycles. The van der Waals surface area contributed by atoms with Gasteiger partial charge in [-0.25, -0.2) is 9.97 Å². The lowest BCUT2D eigenvalue weighted by Crippen LogP contribution is -2.12. The molecule has 1 amide bonds. The summed E-state index contributed by atoms with van der Waals surface area (Å²) in [6, 6.07) is 10.0. The van der Waals surface area contributed by atoms with Gasteiger partial charge in [0.15, 0.2) is 5.82 Å². The number of nitrogens with two attached hydrogens (primary N) is 1. The number of carbonyl (C=O) groups excluding carboxylic acids is 1. The number of nitrogens with zero attached hydrogens (tertiary/aromatic N) is 6. The number of fused-ring (bicyclic) bond motifs is 7. The van der Waals surface area contributed by atoms with Gasteiger partial charge in [0.2, 0.25) is 0 Å². The molecule has 9 heteroatoms. The third-order valence-corrected chi connectivity index (χ3v) is 6.60. The summed E-state index contributed by atoms with van der Waals surface area (Å²) in [5.41, 5.74) is 12.3. The SMILES string of the molecule is CC(C)n1c2c(c3c(N)ncnc31)-c1cc3ccc(C(=O)Nc4ccn(C)n4)cc3n1CCC2. The van der Waals surface area contributed by atoms with Gasteiger partial charge in [-0.1, -0.05) is 6.07 Å². The highest BCUT2D eigenvalue weighted by Crippen LogP contribution is 2.42. The second-order valence-electron chi connectivity index (χ2n) is 9.13. The third-order valence-electron chi connectivity index (χ3n) is 6.60. The third kappa shape index (κ3) is 3.00. The summed E-state index contributed by atoms with van der Waals surface area (Å²) < 4.78 is 6.25. The zero-order valence-corrected chi connectivity index (χ0v) is 19.4. The summed E-state index contributed by atoms with van der Waals surface area (Å²) in [6.07, 6.45) is 5.24. The van der Waals surface area contributed by atoms with E-state index >= 15 is 0 Å². The number of hydrogen-bond donors (Lipinski definition) is 2. The number of nitrogen functional groups attached to an aromatic ring is 1. The fraction of sp³-hybridized carbons (Fsp3) is 0.280. The molecule has 9 nitrogen and oxygen atoms in total. The minimum atomic E-state index is -0.181. The fourth-order valence-corrected chi connectivity index (χ4v) is 5.20. The molecule has 3 N–H and O–H groups in total. The van der Waals surface area contributed by atoms with Crippen LogP contribution >= 0.6 is 0 Å². The highest BCUT2D eigenvalue weighted by Gasteiger charge is 2.28. The maximum atomic E-state index is 12.9. The standard InChI is InChI=1S/C25H26N8O/c1-14(2)33-17-5-4-9-32-18-12-16(25(34)29-20-8-10-31(3)30-20)7-6-15(18)11-19(32)21(17)22-23(26)27-13-28-24(22)33/h6-8,10-14H,4-5,9H2,1-3H3,(H2,26,27,28)(H,29,30,34). The van der Waals surface area contributed by atoms with E-state index in [2.05, 4.69) is 49.4 Å². The Morgan fingerprint density at radius 1 is 1.18 bits per heavy atom. The van der Waals surface area contributed by atoms with E-state index in [1.165, 1.54) is 12.0 Å². The van der Waals surface area contributed by atoms with E-state index < -0.39 is 0 Å². The Morgan fingerprint density at radius 2 is 2.03 bits per heavy atom. The molecule has 0 unspecified atom stereocenters. The van der Waals surface area contributed by atoms with Crippen molar-refractivity contribution in [1.82, 2.24) is 28.9 Å². The Balaban J connectivity index is 1.53. The quantitative estimate of drug-likeness (QED) is 0.426. The van der Waals surface area contributed by atoms with Gasteiger partial charge < -0.3 is 20.2 Å². The molecule has 5 aromatic rings. The van der Waals surface area contributed by atoms with Crippen molar-refractivity contribution in [3.8, 4) is 11.3 Å². The summed E-state index contributed by atoms with van der Waals surface area (Å²) in [6.45, 7) is 5.20. The van der Waals surface area contributed by atoms with E-state index in [1.54, 1.807) is 16.9 Å². The maximum absolute atomic E-state index is 12.9. The fourth-order valence-electron chi connectivity index (χ4n) is 5.20. The minimum Gasteiger partial charge on any atom is -0.383 e. The highest BCUT2D eigenvalue weighted by atomic mass is 16.1. The molecule has 0 radical (unpaired) electrons. The van der Waals surface area contributed by atoms with Crippen LogP contribution in [0, 0.1) is 0 Å². The number of nitrogens with one attached hydrogen (secondary N) is 1. The van der Waals surface area contributed by atoms with Gasteiger partial charge in [0.25, 0.3) is 5.91 Å². The number of hydrogen-bond acceptors (Lipinski definition) is 5. The molecule has 34 heavy (non-hydrogen) atoms. The molecule has 0 aliphatic carbocycles. The van der Waals surface area contributed by atoms with Gasteiger partial charge in [0, 0.05) is 59.6 Å². The van der Waals surface area contributed by atoms with Crippen LogP contribution in [0.4, 0.5) is 11.6 Å². The Labute approximate surface area is 196 Å². The van der Waals surface area contributed by atoms with Crippen LogP contribution in [-0.2, 0) is 20.0 Å². The first-order valence-corrected chi connectivity index (χ1v) is 11.5. The minimum absolute atomic E-state index is 0.181. The van der Waals surface area contributed by atoms with Crippen LogP contribution in [-0.4, -0.2) is 34.8 Å².